The summed E-state index contributed by atoms with van der Waals surface area (Å²) >= 11 is 7.35. The molecule has 3 rings (SSSR count). The summed E-state index contributed by atoms with van der Waals surface area (Å²) in [6, 6.07) is 9.34. The van der Waals surface area contributed by atoms with E-state index in [1.165, 1.54) is 11.3 Å². The fourth-order valence-corrected chi connectivity index (χ4v) is 2.83. The van der Waals surface area contributed by atoms with Crippen LogP contribution >= 0.6 is 22.9 Å². The van der Waals surface area contributed by atoms with E-state index in [-0.39, 0.29) is 5.56 Å². The molecule has 0 N–H and O–H groups in total. The van der Waals surface area contributed by atoms with Crippen molar-refractivity contribution in [2.45, 2.75) is 6.54 Å². The van der Waals surface area contributed by atoms with Crippen LogP contribution in [0.25, 0.3) is 10.2 Å². The van der Waals surface area contributed by atoms with E-state index < -0.39 is 0 Å². The van der Waals surface area contributed by atoms with E-state index in [0.29, 0.717) is 16.3 Å². The topological polar surface area (TPSA) is 34.9 Å². The number of hydrogen-bond donors (Lipinski definition) is 0. The Bertz CT molecular complexity index is 763. The van der Waals surface area contributed by atoms with E-state index in [0.717, 1.165) is 11.1 Å². The number of hydrogen-bond acceptors (Lipinski definition) is 3. The molecule has 90 valence electrons. The maximum Gasteiger partial charge on any atom is 0.271 e. The van der Waals surface area contributed by atoms with Gasteiger partial charge in [0.2, 0.25) is 0 Å². The van der Waals surface area contributed by atoms with E-state index >= 15 is 0 Å². The van der Waals surface area contributed by atoms with E-state index in [4.69, 9.17) is 11.6 Å². The molecule has 0 radical (unpaired) electrons. The van der Waals surface area contributed by atoms with Crippen molar-refractivity contribution in [2.24, 2.45) is 0 Å². The largest absolute Gasteiger partial charge is 0.294 e. The average molecular weight is 277 g/mol. The van der Waals surface area contributed by atoms with Crippen molar-refractivity contribution in [3.8, 4) is 0 Å². The summed E-state index contributed by atoms with van der Waals surface area (Å²) in [5.41, 5.74) is 1.74. The van der Waals surface area contributed by atoms with Crippen LogP contribution in [0.4, 0.5) is 0 Å². The molecular weight excluding hydrogens is 268 g/mol. The van der Waals surface area contributed by atoms with Gasteiger partial charge in [0.25, 0.3) is 5.56 Å². The van der Waals surface area contributed by atoms with Crippen LogP contribution in [0.15, 0.2) is 46.8 Å². The number of fused-ring (bicyclic) bond motifs is 1. The lowest BCUT2D eigenvalue weighted by molar-refractivity contribution is 0.750. The summed E-state index contributed by atoms with van der Waals surface area (Å²) in [6.07, 6.45) is 1.58. The first kappa shape index (κ1) is 11.4. The molecule has 0 aliphatic carbocycles. The number of halogens is 1. The zero-order valence-corrected chi connectivity index (χ0v) is 10.9. The molecule has 0 bridgehead atoms. The minimum absolute atomic E-state index is 0.00465. The van der Waals surface area contributed by atoms with E-state index in [2.05, 4.69) is 4.98 Å². The summed E-state index contributed by atoms with van der Waals surface area (Å²) in [7, 11) is 0. The molecule has 3 aromatic rings. The molecule has 0 saturated carbocycles. The highest BCUT2D eigenvalue weighted by molar-refractivity contribution is 7.17. The lowest BCUT2D eigenvalue weighted by Gasteiger charge is -2.05. The second-order valence-electron chi connectivity index (χ2n) is 3.94. The van der Waals surface area contributed by atoms with Crippen molar-refractivity contribution in [1.29, 1.82) is 0 Å². The van der Waals surface area contributed by atoms with Gasteiger partial charge in [-0.2, -0.15) is 0 Å². The van der Waals surface area contributed by atoms with Crippen molar-refractivity contribution in [3.63, 3.8) is 0 Å². The van der Waals surface area contributed by atoms with Gasteiger partial charge in [-0.1, -0.05) is 23.7 Å². The van der Waals surface area contributed by atoms with Gasteiger partial charge >= 0.3 is 0 Å². The van der Waals surface area contributed by atoms with Crippen molar-refractivity contribution in [2.75, 3.05) is 0 Å². The molecule has 1 aromatic carbocycles. The summed E-state index contributed by atoms with van der Waals surface area (Å²) < 4.78 is 2.30. The van der Waals surface area contributed by atoms with Gasteiger partial charge in [0.1, 0.15) is 4.70 Å². The van der Waals surface area contributed by atoms with Gasteiger partial charge in [-0.3, -0.25) is 9.36 Å². The molecular formula is C13H9ClN2OS. The molecule has 0 aliphatic rings. The molecule has 2 aromatic heterocycles. The quantitative estimate of drug-likeness (QED) is 0.721. The predicted octanol–water partition coefficient (Wildman–Crippen LogP) is 3.16. The number of benzene rings is 1. The van der Waals surface area contributed by atoms with Crippen molar-refractivity contribution < 1.29 is 0 Å². The summed E-state index contributed by atoms with van der Waals surface area (Å²) in [6.45, 7) is 0.486. The molecule has 0 fully saturated rings. The Morgan fingerprint density at radius 2 is 2.22 bits per heavy atom. The molecule has 5 heteroatoms. The van der Waals surface area contributed by atoms with Crippen molar-refractivity contribution in [3.05, 3.63) is 63.0 Å². The van der Waals surface area contributed by atoms with Gasteiger partial charge in [-0.25, -0.2) is 4.98 Å². The molecule has 3 nitrogen and oxygen atoms in total. The fraction of sp³-hybridized carbons (Fsp3) is 0.0769. The van der Waals surface area contributed by atoms with Crippen LogP contribution in [0.2, 0.25) is 5.02 Å². The molecule has 0 saturated heterocycles. The second-order valence-corrected chi connectivity index (χ2v) is 5.30. The Morgan fingerprint density at radius 1 is 1.33 bits per heavy atom. The molecule has 0 atom stereocenters. The molecule has 0 unspecified atom stereocenters. The molecule has 0 aliphatic heterocycles. The Labute approximate surface area is 112 Å². The van der Waals surface area contributed by atoms with Crippen LogP contribution in [0.1, 0.15) is 5.56 Å². The van der Waals surface area contributed by atoms with Gasteiger partial charge in [-0.15, -0.1) is 11.3 Å². The Kier molecular flexibility index (Phi) is 2.89. The van der Waals surface area contributed by atoms with Crippen LogP contribution in [0.3, 0.4) is 0 Å². The smallest absolute Gasteiger partial charge is 0.271 e. The molecule has 2 heterocycles. The second kappa shape index (κ2) is 4.55. The summed E-state index contributed by atoms with van der Waals surface area (Å²) in [5.74, 6) is 0. The van der Waals surface area contributed by atoms with E-state index in [9.17, 15) is 4.79 Å². The third-order valence-corrected chi connectivity index (χ3v) is 3.80. The highest BCUT2D eigenvalue weighted by Gasteiger charge is 2.05. The summed E-state index contributed by atoms with van der Waals surface area (Å²) in [4.78, 5) is 16.4. The standard InChI is InChI=1S/C13H9ClN2OS/c14-10-3-1-2-9(6-10)7-16-8-15-11-4-5-18-12(11)13(16)17/h1-6,8H,7H2. The summed E-state index contributed by atoms with van der Waals surface area (Å²) in [5, 5.41) is 2.55. The van der Waals surface area contributed by atoms with Crippen molar-refractivity contribution >= 4 is 33.2 Å². The lowest BCUT2D eigenvalue weighted by atomic mass is 10.2. The Hall–Kier alpha value is -1.65. The normalized spacial score (nSPS) is 10.9. The third kappa shape index (κ3) is 2.05. The van der Waals surface area contributed by atoms with Crippen LogP contribution in [0, 0.1) is 0 Å². The zero-order valence-electron chi connectivity index (χ0n) is 9.34. The van der Waals surface area contributed by atoms with Crippen molar-refractivity contribution in [1.82, 2.24) is 9.55 Å². The van der Waals surface area contributed by atoms with Gasteiger partial charge in [-0.05, 0) is 29.1 Å². The molecule has 18 heavy (non-hydrogen) atoms. The van der Waals surface area contributed by atoms with Crippen LogP contribution in [0.5, 0.6) is 0 Å². The van der Waals surface area contributed by atoms with E-state index in [1.54, 1.807) is 10.9 Å². The average Bonchev–Trinajstić information content (AvgIpc) is 2.82. The van der Waals surface area contributed by atoms with Gasteiger partial charge in [0.05, 0.1) is 18.4 Å². The SMILES string of the molecule is O=c1c2sccc2ncn1Cc1cccc(Cl)c1. The highest BCUT2D eigenvalue weighted by Crippen LogP contribution is 2.15. The monoisotopic (exact) mass is 276 g/mol. The predicted molar refractivity (Wildman–Crippen MR) is 74.4 cm³/mol. The molecule has 0 amide bonds. The molecule has 0 spiro atoms. The maximum absolute atomic E-state index is 12.2. The highest BCUT2D eigenvalue weighted by atomic mass is 35.5. The van der Waals surface area contributed by atoms with Gasteiger partial charge in [0.15, 0.2) is 0 Å². The first-order valence-corrected chi connectivity index (χ1v) is 6.67. The lowest BCUT2D eigenvalue weighted by Crippen LogP contribution is -2.20. The van der Waals surface area contributed by atoms with Crippen LogP contribution < -0.4 is 5.56 Å². The third-order valence-electron chi connectivity index (χ3n) is 2.68. The number of aromatic nitrogens is 2. The minimum atomic E-state index is -0.00465. The number of rotatable bonds is 2. The first-order chi connectivity index (χ1) is 8.74. The minimum Gasteiger partial charge on any atom is -0.294 e. The van der Waals surface area contributed by atoms with Gasteiger partial charge < -0.3 is 0 Å². The van der Waals surface area contributed by atoms with Crippen LogP contribution in [-0.4, -0.2) is 9.55 Å². The Balaban J connectivity index is 2.05. The Morgan fingerprint density at radius 3 is 3.06 bits per heavy atom. The number of nitrogens with zero attached hydrogens (tertiary/aromatic N) is 2. The number of thiophene rings is 1. The van der Waals surface area contributed by atoms with E-state index in [1.807, 2.05) is 35.7 Å². The first-order valence-electron chi connectivity index (χ1n) is 5.41. The fourth-order valence-electron chi connectivity index (χ4n) is 1.82. The van der Waals surface area contributed by atoms with Gasteiger partial charge in [0, 0.05) is 5.02 Å². The van der Waals surface area contributed by atoms with Crippen LogP contribution in [-0.2, 0) is 6.54 Å². The zero-order chi connectivity index (χ0) is 12.5. The maximum atomic E-state index is 12.2.